The zero-order valence-electron chi connectivity index (χ0n) is 28.0. The summed E-state index contributed by atoms with van der Waals surface area (Å²) in [4.78, 5) is 0. The molecule has 0 bridgehead atoms. The van der Waals surface area contributed by atoms with Gasteiger partial charge in [0.25, 0.3) is 0 Å². The van der Waals surface area contributed by atoms with E-state index in [-0.39, 0.29) is 11.8 Å². The Kier molecular flexibility index (Phi) is 6.47. The predicted octanol–water partition coefficient (Wildman–Crippen LogP) is 12.0. The molecule has 0 aliphatic heterocycles. The zero-order chi connectivity index (χ0) is 33.3. The normalized spacial score (nSPS) is 15.4. The monoisotopic (exact) mass is 642 g/mol. The van der Waals surface area contributed by atoms with Gasteiger partial charge >= 0.3 is 0 Å². The third kappa shape index (κ3) is 3.90. The highest BCUT2D eigenvalue weighted by molar-refractivity contribution is 6.19. The van der Waals surface area contributed by atoms with Crippen molar-refractivity contribution in [3.8, 4) is 44.9 Å². The van der Waals surface area contributed by atoms with Crippen molar-refractivity contribution in [3.63, 3.8) is 0 Å². The smallest absolute Gasteiger partial charge is 0.132 e. The largest absolute Gasteiger partial charge is 0.496 e. The average Bonchev–Trinajstić information content (AvgIpc) is 3.72. The lowest BCUT2D eigenvalue weighted by molar-refractivity contribution is 0.406. The van der Waals surface area contributed by atoms with Gasteiger partial charge in [0, 0.05) is 34.1 Å². The molecule has 0 saturated heterocycles. The van der Waals surface area contributed by atoms with Gasteiger partial charge in [-0.3, -0.25) is 0 Å². The summed E-state index contributed by atoms with van der Waals surface area (Å²) in [6.07, 6.45) is 0. The minimum Gasteiger partial charge on any atom is -0.496 e. The van der Waals surface area contributed by atoms with Gasteiger partial charge in [0.1, 0.15) is 11.5 Å². The molecule has 0 heterocycles. The summed E-state index contributed by atoms with van der Waals surface area (Å²) in [6, 6.07) is 57.2. The number of hydrogen-bond donors (Lipinski definition) is 0. The van der Waals surface area contributed by atoms with E-state index in [1.807, 2.05) is 14.2 Å². The fraction of sp³-hybridized carbons (Fsp3) is 0.0833. The van der Waals surface area contributed by atoms with Crippen LogP contribution in [0.25, 0.3) is 54.9 Å². The molecule has 0 spiro atoms. The van der Waals surface area contributed by atoms with Crippen LogP contribution >= 0.6 is 0 Å². The molecule has 0 amide bonds. The van der Waals surface area contributed by atoms with Gasteiger partial charge in [-0.1, -0.05) is 158 Å². The summed E-state index contributed by atoms with van der Waals surface area (Å²) in [5.41, 5.74) is 14.7. The maximum absolute atomic E-state index is 6.72. The highest BCUT2D eigenvalue weighted by Crippen LogP contribution is 2.62. The van der Waals surface area contributed by atoms with Crippen LogP contribution in [0.5, 0.6) is 11.5 Å². The summed E-state index contributed by atoms with van der Waals surface area (Å²) in [7, 11) is 3.67. The second-order valence-electron chi connectivity index (χ2n) is 13.3. The number of rotatable bonds is 5. The molecule has 0 radical (unpaired) electrons. The number of methoxy groups -OCH3 is 2. The first-order valence-corrected chi connectivity index (χ1v) is 17.3. The second-order valence-corrected chi connectivity index (χ2v) is 13.3. The molecule has 0 aromatic heterocycles. The van der Waals surface area contributed by atoms with E-state index in [0.29, 0.717) is 0 Å². The molecule has 0 N–H and O–H groups in total. The molecular weight excluding hydrogens is 609 g/mol. The standard InChI is InChI=1S/C48H34O2/c1-49-47-43(37-27-15-13-25-35(37)41-33-23-11-9-21-31(33)39(45(41)47)29-17-5-3-6-18-29)44-38-28-16-14-26-36(38)42-34-24-12-10-22-32(34)40(46(42)48(44)50-2)30-19-7-4-8-20-30/h3-28,39-40H,1-2H3/t39-,40?/m0/s1. The van der Waals surface area contributed by atoms with Crippen LogP contribution in [0.2, 0.25) is 0 Å². The fourth-order valence-corrected chi connectivity index (χ4v) is 9.17. The summed E-state index contributed by atoms with van der Waals surface area (Å²) in [5, 5.41) is 4.75. The highest BCUT2D eigenvalue weighted by Gasteiger charge is 2.40. The van der Waals surface area contributed by atoms with Crippen molar-refractivity contribution in [2.75, 3.05) is 14.2 Å². The third-order valence-corrected chi connectivity index (χ3v) is 11.0. The van der Waals surface area contributed by atoms with Crippen LogP contribution < -0.4 is 9.47 Å². The Bertz CT molecular complexity index is 2440. The lowest BCUT2D eigenvalue weighted by Gasteiger charge is -2.26. The van der Waals surface area contributed by atoms with E-state index in [9.17, 15) is 0 Å². The lowest BCUT2D eigenvalue weighted by atomic mass is 9.81. The molecular formula is C48H34O2. The van der Waals surface area contributed by atoms with Crippen LogP contribution in [0.1, 0.15) is 45.2 Å². The van der Waals surface area contributed by atoms with Gasteiger partial charge < -0.3 is 9.47 Å². The minimum absolute atomic E-state index is 0.0220. The van der Waals surface area contributed by atoms with Gasteiger partial charge in [0.05, 0.1) is 14.2 Å². The van der Waals surface area contributed by atoms with Crippen LogP contribution in [0.4, 0.5) is 0 Å². The first-order chi connectivity index (χ1) is 24.8. The Morgan fingerprint density at radius 3 is 1.04 bits per heavy atom. The molecule has 8 aromatic rings. The van der Waals surface area contributed by atoms with Crippen molar-refractivity contribution in [1.29, 1.82) is 0 Å². The Balaban J connectivity index is 1.40. The van der Waals surface area contributed by atoms with Crippen molar-refractivity contribution in [1.82, 2.24) is 0 Å². The molecule has 10 rings (SSSR count). The van der Waals surface area contributed by atoms with E-state index in [2.05, 4.69) is 158 Å². The molecule has 2 nitrogen and oxygen atoms in total. The Hall–Kier alpha value is -6.12. The number of hydrogen-bond acceptors (Lipinski definition) is 2. The molecule has 1 unspecified atom stereocenters. The molecule has 2 aliphatic rings. The fourth-order valence-electron chi connectivity index (χ4n) is 9.17. The Morgan fingerprint density at radius 2 is 0.660 bits per heavy atom. The first kappa shape index (κ1) is 28.9. The van der Waals surface area contributed by atoms with E-state index in [1.54, 1.807) is 0 Å². The third-order valence-electron chi connectivity index (χ3n) is 11.0. The molecule has 2 aliphatic carbocycles. The van der Waals surface area contributed by atoms with Gasteiger partial charge in [0.15, 0.2) is 0 Å². The molecule has 8 aromatic carbocycles. The molecule has 2 heteroatoms. The summed E-state index contributed by atoms with van der Waals surface area (Å²) < 4.78 is 13.4. The Labute approximate surface area is 292 Å². The van der Waals surface area contributed by atoms with Crippen LogP contribution in [0.3, 0.4) is 0 Å². The SMILES string of the molecule is COc1c2c(c3ccccc3c1-c1c(OC)c3c(c4ccccc14)-c1ccccc1[C@@H]3c1ccccc1)-c1ccccc1C2c1ccccc1. The topological polar surface area (TPSA) is 18.5 Å². The van der Waals surface area contributed by atoms with E-state index >= 15 is 0 Å². The van der Waals surface area contributed by atoms with Crippen molar-refractivity contribution >= 4 is 21.5 Å². The van der Waals surface area contributed by atoms with Crippen LogP contribution in [0, 0.1) is 0 Å². The van der Waals surface area contributed by atoms with Crippen LogP contribution in [0.15, 0.2) is 158 Å². The number of ether oxygens (including phenoxy) is 2. The minimum atomic E-state index is 0.0220. The van der Waals surface area contributed by atoms with Crippen LogP contribution in [-0.4, -0.2) is 14.2 Å². The van der Waals surface area contributed by atoms with Gasteiger partial charge in [-0.05, 0) is 66.1 Å². The number of fused-ring (bicyclic) bond motifs is 10. The number of benzene rings is 8. The molecule has 2 atom stereocenters. The molecule has 0 fully saturated rings. The first-order valence-electron chi connectivity index (χ1n) is 17.3. The van der Waals surface area contributed by atoms with Gasteiger partial charge in [-0.2, -0.15) is 0 Å². The van der Waals surface area contributed by atoms with Crippen molar-refractivity contribution in [3.05, 3.63) is 191 Å². The Morgan fingerprint density at radius 1 is 0.340 bits per heavy atom. The van der Waals surface area contributed by atoms with Gasteiger partial charge in [-0.15, -0.1) is 0 Å². The average molecular weight is 643 g/mol. The van der Waals surface area contributed by atoms with Crippen molar-refractivity contribution in [2.45, 2.75) is 11.8 Å². The summed E-state index contributed by atoms with van der Waals surface area (Å²) >= 11 is 0. The second kappa shape index (κ2) is 11.2. The zero-order valence-corrected chi connectivity index (χ0v) is 28.0. The highest BCUT2D eigenvalue weighted by atomic mass is 16.5. The lowest BCUT2D eigenvalue weighted by Crippen LogP contribution is -2.06. The van der Waals surface area contributed by atoms with E-state index in [0.717, 1.165) is 33.4 Å². The van der Waals surface area contributed by atoms with Gasteiger partial charge in [-0.25, -0.2) is 0 Å². The van der Waals surface area contributed by atoms with Gasteiger partial charge in [0.2, 0.25) is 0 Å². The van der Waals surface area contributed by atoms with E-state index < -0.39 is 0 Å². The van der Waals surface area contributed by atoms with E-state index in [4.69, 9.17) is 9.47 Å². The molecule has 238 valence electrons. The molecule has 0 saturated carbocycles. The summed E-state index contributed by atoms with van der Waals surface area (Å²) in [6.45, 7) is 0. The van der Waals surface area contributed by atoms with Crippen molar-refractivity contribution < 1.29 is 9.47 Å². The maximum Gasteiger partial charge on any atom is 0.132 e. The quantitative estimate of drug-likeness (QED) is 0.186. The van der Waals surface area contributed by atoms with Crippen LogP contribution in [-0.2, 0) is 0 Å². The predicted molar refractivity (Wildman–Crippen MR) is 206 cm³/mol. The molecule has 50 heavy (non-hydrogen) atoms. The maximum atomic E-state index is 6.72. The summed E-state index contributed by atoms with van der Waals surface area (Å²) in [5.74, 6) is 1.85. The van der Waals surface area contributed by atoms with Crippen molar-refractivity contribution in [2.24, 2.45) is 0 Å². The van der Waals surface area contributed by atoms with E-state index in [1.165, 1.54) is 66.4 Å².